The van der Waals surface area contributed by atoms with E-state index in [-0.39, 0.29) is 17.7 Å². The van der Waals surface area contributed by atoms with E-state index >= 15 is 0 Å². The summed E-state index contributed by atoms with van der Waals surface area (Å²) < 4.78 is 4.74. The van der Waals surface area contributed by atoms with E-state index in [4.69, 9.17) is 4.74 Å². The normalized spacial score (nSPS) is 14.1. The number of carbonyl (C=O) groups is 2. The van der Waals surface area contributed by atoms with Gasteiger partial charge in [0.1, 0.15) is 11.6 Å². The maximum absolute atomic E-state index is 12.5. The van der Waals surface area contributed by atoms with Crippen LogP contribution in [0, 0.1) is 6.92 Å². The van der Waals surface area contributed by atoms with Crippen LogP contribution in [-0.4, -0.2) is 65.1 Å². The molecule has 0 aromatic carbocycles. The van der Waals surface area contributed by atoms with Crippen LogP contribution < -0.4 is 10.2 Å². The Morgan fingerprint density at radius 3 is 2.58 bits per heavy atom. The summed E-state index contributed by atoms with van der Waals surface area (Å²) in [4.78, 5) is 40.5. The quantitative estimate of drug-likeness (QED) is 0.885. The van der Waals surface area contributed by atoms with Crippen LogP contribution in [0.5, 0.6) is 0 Å². The lowest BCUT2D eigenvalue weighted by Crippen LogP contribution is -2.49. The minimum atomic E-state index is -0.358. The lowest BCUT2D eigenvalue weighted by atomic mass is 10.3. The number of aromatic nitrogens is 3. The topological polar surface area (TPSA) is 101 Å². The van der Waals surface area contributed by atoms with Crippen LogP contribution in [-0.2, 0) is 4.74 Å². The zero-order valence-electron chi connectivity index (χ0n) is 14.7. The monoisotopic (exact) mass is 356 g/mol. The highest BCUT2D eigenvalue weighted by molar-refractivity contribution is 6.03. The molecule has 1 N–H and O–H groups in total. The van der Waals surface area contributed by atoms with Gasteiger partial charge in [0.2, 0.25) is 0 Å². The van der Waals surface area contributed by atoms with Crippen molar-refractivity contribution >= 4 is 23.6 Å². The standard InChI is InChI=1S/C17H20N6O3/c1-12-15(16(24)20-13-5-3-4-6-18-13)21-14(11-19-12)22-7-9-23(10-8-22)17(25)26-2/h3-6,11H,7-10H2,1-2H3,(H,18,20,24). The van der Waals surface area contributed by atoms with Gasteiger partial charge in [0, 0.05) is 32.4 Å². The molecule has 136 valence electrons. The molecule has 26 heavy (non-hydrogen) atoms. The minimum absolute atomic E-state index is 0.253. The minimum Gasteiger partial charge on any atom is -0.453 e. The van der Waals surface area contributed by atoms with Crippen LogP contribution in [0.1, 0.15) is 16.2 Å². The number of pyridine rings is 1. The first-order valence-electron chi connectivity index (χ1n) is 8.22. The third kappa shape index (κ3) is 3.88. The number of nitrogens with zero attached hydrogens (tertiary/aromatic N) is 5. The number of ether oxygens (including phenoxy) is 1. The fraction of sp³-hybridized carbons (Fsp3) is 0.353. The van der Waals surface area contributed by atoms with Gasteiger partial charge in [0.25, 0.3) is 5.91 Å². The molecule has 0 saturated carbocycles. The summed E-state index contributed by atoms with van der Waals surface area (Å²) in [6, 6.07) is 5.27. The summed E-state index contributed by atoms with van der Waals surface area (Å²) in [5.74, 6) is 0.700. The second-order valence-electron chi connectivity index (χ2n) is 5.78. The maximum atomic E-state index is 12.5. The summed E-state index contributed by atoms with van der Waals surface area (Å²) in [7, 11) is 1.37. The van der Waals surface area contributed by atoms with Crippen LogP contribution >= 0.6 is 0 Å². The predicted octanol–water partition coefficient (Wildman–Crippen LogP) is 1.32. The zero-order chi connectivity index (χ0) is 18.5. The highest BCUT2D eigenvalue weighted by atomic mass is 16.5. The van der Waals surface area contributed by atoms with Crippen LogP contribution in [0.3, 0.4) is 0 Å². The lowest BCUT2D eigenvalue weighted by Gasteiger charge is -2.34. The number of rotatable bonds is 3. The van der Waals surface area contributed by atoms with E-state index in [9.17, 15) is 9.59 Å². The van der Waals surface area contributed by atoms with Gasteiger partial charge in [0.15, 0.2) is 5.69 Å². The first-order valence-corrected chi connectivity index (χ1v) is 8.22. The molecular weight excluding hydrogens is 336 g/mol. The Hall–Kier alpha value is -3.23. The molecule has 2 aromatic rings. The number of anilines is 2. The molecule has 9 heteroatoms. The summed E-state index contributed by atoms with van der Waals surface area (Å²) in [5.41, 5.74) is 0.791. The number of methoxy groups -OCH3 is 1. The Kier molecular flexibility index (Phi) is 5.26. The average Bonchev–Trinajstić information content (AvgIpc) is 2.68. The molecule has 0 aliphatic carbocycles. The molecule has 1 fully saturated rings. The molecule has 3 rings (SSSR count). The van der Waals surface area contributed by atoms with Crippen molar-refractivity contribution in [3.63, 3.8) is 0 Å². The average molecular weight is 356 g/mol. The summed E-state index contributed by atoms with van der Waals surface area (Å²) in [5, 5.41) is 2.72. The number of nitrogens with one attached hydrogen (secondary N) is 1. The van der Waals surface area contributed by atoms with Crippen molar-refractivity contribution in [3.05, 3.63) is 42.0 Å². The fourth-order valence-electron chi connectivity index (χ4n) is 2.67. The lowest BCUT2D eigenvalue weighted by molar-refractivity contribution is 0.102. The van der Waals surface area contributed by atoms with Gasteiger partial charge in [-0.1, -0.05) is 6.07 Å². The first-order chi connectivity index (χ1) is 12.6. The fourth-order valence-corrected chi connectivity index (χ4v) is 2.67. The van der Waals surface area contributed by atoms with Crippen molar-refractivity contribution in [1.82, 2.24) is 19.9 Å². The predicted molar refractivity (Wildman–Crippen MR) is 95.2 cm³/mol. The van der Waals surface area contributed by atoms with Crippen LogP contribution in [0.25, 0.3) is 0 Å². The van der Waals surface area contributed by atoms with Gasteiger partial charge >= 0.3 is 6.09 Å². The highest BCUT2D eigenvalue weighted by Crippen LogP contribution is 2.16. The molecule has 0 radical (unpaired) electrons. The Bertz CT molecular complexity index is 790. The maximum Gasteiger partial charge on any atom is 0.409 e. The molecule has 0 bridgehead atoms. The molecule has 0 unspecified atom stereocenters. The number of carbonyl (C=O) groups excluding carboxylic acids is 2. The highest BCUT2D eigenvalue weighted by Gasteiger charge is 2.23. The van der Waals surface area contributed by atoms with Crippen molar-refractivity contribution in [1.29, 1.82) is 0 Å². The molecule has 9 nitrogen and oxygen atoms in total. The molecule has 0 atom stereocenters. The summed E-state index contributed by atoms with van der Waals surface area (Å²) >= 11 is 0. The van der Waals surface area contributed by atoms with Crippen LogP contribution in [0.2, 0.25) is 0 Å². The van der Waals surface area contributed by atoms with Crippen molar-refractivity contribution < 1.29 is 14.3 Å². The number of aryl methyl sites for hydroxylation is 1. The molecule has 1 aliphatic rings. The molecule has 1 saturated heterocycles. The van der Waals surface area contributed by atoms with Gasteiger partial charge in [-0.3, -0.25) is 9.78 Å². The van der Waals surface area contributed by atoms with E-state index < -0.39 is 0 Å². The number of amides is 2. The van der Waals surface area contributed by atoms with Crippen LogP contribution in [0.15, 0.2) is 30.6 Å². The first kappa shape index (κ1) is 17.6. The Labute approximate surface area is 151 Å². The van der Waals surface area contributed by atoms with E-state index in [2.05, 4.69) is 20.3 Å². The Morgan fingerprint density at radius 2 is 1.92 bits per heavy atom. The van der Waals surface area contributed by atoms with Gasteiger partial charge in [-0.05, 0) is 19.1 Å². The molecule has 2 amide bonds. The van der Waals surface area contributed by atoms with Gasteiger partial charge in [-0.15, -0.1) is 0 Å². The van der Waals surface area contributed by atoms with Crippen molar-refractivity contribution in [3.8, 4) is 0 Å². The van der Waals surface area contributed by atoms with Crippen LogP contribution in [0.4, 0.5) is 16.4 Å². The molecule has 1 aliphatic heterocycles. The molecular formula is C17H20N6O3. The van der Waals surface area contributed by atoms with Gasteiger partial charge in [0.05, 0.1) is 19.0 Å². The number of piperazine rings is 1. The second kappa shape index (κ2) is 7.77. The molecule has 0 spiro atoms. The number of hydrogen-bond donors (Lipinski definition) is 1. The molecule has 3 heterocycles. The summed E-state index contributed by atoms with van der Waals surface area (Å²) in [6.45, 7) is 3.97. The van der Waals surface area contributed by atoms with E-state index in [1.165, 1.54) is 7.11 Å². The van der Waals surface area contributed by atoms with Gasteiger partial charge in [-0.2, -0.15) is 0 Å². The van der Waals surface area contributed by atoms with Gasteiger partial charge in [-0.25, -0.2) is 14.8 Å². The van der Waals surface area contributed by atoms with E-state index in [1.807, 2.05) is 4.90 Å². The van der Waals surface area contributed by atoms with Crippen molar-refractivity contribution in [2.24, 2.45) is 0 Å². The largest absolute Gasteiger partial charge is 0.453 e. The van der Waals surface area contributed by atoms with Crippen molar-refractivity contribution in [2.75, 3.05) is 43.5 Å². The van der Waals surface area contributed by atoms with Gasteiger partial charge < -0.3 is 19.9 Å². The number of hydrogen-bond acceptors (Lipinski definition) is 7. The zero-order valence-corrected chi connectivity index (χ0v) is 14.7. The third-order valence-corrected chi connectivity index (χ3v) is 4.10. The van der Waals surface area contributed by atoms with Crippen molar-refractivity contribution in [2.45, 2.75) is 6.92 Å². The van der Waals surface area contributed by atoms with E-state index in [0.29, 0.717) is 43.5 Å². The smallest absolute Gasteiger partial charge is 0.409 e. The van der Waals surface area contributed by atoms with E-state index in [0.717, 1.165) is 0 Å². The van der Waals surface area contributed by atoms with E-state index in [1.54, 1.807) is 42.4 Å². The SMILES string of the molecule is COC(=O)N1CCN(c2cnc(C)c(C(=O)Nc3ccccn3)n2)CC1. The third-order valence-electron chi connectivity index (χ3n) is 4.10. The molecule has 2 aromatic heterocycles. The Morgan fingerprint density at radius 1 is 1.15 bits per heavy atom. The Balaban J connectivity index is 1.72. The summed E-state index contributed by atoms with van der Waals surface area (Å²) in [6.07, 6.45) is 2.90. The second-order valence-corrected chi connectivity index (χ2v) is 5.78.